The smallest absolute Gasteiger partial charge is 0.260 e. The van der Waals surface area contributed by atoms with E-state index < -0.39 is 21.1 Å². The Bertz CT molecular complexity index is 1550. The largest absolute Gasteiger partial charge is 0.351 e. The van der Waals surface area contributed by atoms with Crippen molar-refractivity contribution in [3.63, 3.8) is 0 Å². The molecule has 41 heavy (non-hydrogen) atoms. The number of nitrogens with zero attached hydrogens (tertiary/aromatic N) is 4. The van der Waals surface area contributed by atoms with Crippen LogP contribution in [-0.2, 0) is 10.0 Å². The van der Waals surface area contributed by atoms with Gasteiger partial charge in [-0.15, -0.1) is 12.4 Å². The number of rotatable bonds is 8. The van der Waals surface area contributed by atoms with E-state index in [1.165, 1.54) is 12.1 Å². The van der Waals surface area contributed by atoms with Crippen molar-refractivity contribution in [1.82, 2.24) is 19.4 Å². The number of nitrogens with one attached hydrogen (secondary N) is 2. The van der Waals surface area contributed by atoms with Gasteiger partial charge in [0, 0.05) is 35.3 Å². The van der Waals surface area contributed by atoms with Gasteiger partial charge in [-0.3, -0.25) is 14.1 Å². The van der Waals surface area contributed by atoms with Gasteiger partial charge in [0.25, 0.3) is 5.56 Å². The molecule has 2 fully saturated rings. The maximum Gasteiger partial charge on any atom is 0.260 e. The van der Waals surface area contributed by atoms with Gasteiger partial charge in [-0.2, -0.15) is 4.98 Å². The fourth-order valence-corrected chi connectivity index (χ4v) is 7.59. The van der Waals surface area contributed by atoms with Crippen LogP contribution < -0.4 is 15.6 Å². The predicted octanol–water partition coefficient (Wildman–Crippen LogP) is 5.57. The molecule has 0 atom stereocenters. The van der Waals surface area contributed by atoms with Crippen LogP contribution in [-0.4, -0.2) is 59.3 Å². The molecule has 0 amide bonds. The topological polar surface area (TPSA) is 109 Å². The Morgan fingerprint density at radius 2 is 1.73 bits per heavy atom. The van der Waals surface area contributed by atoms with E-state index in [-0.39, 0.29) is 35.7 Å². The number of hydrogen-bond acceptors (Lipinski definition) is 7. The van der Waals surface area contributed by atoms with Crippen molar-refractivity contribution in [3.05, 3.63) is 46.6 Å². The van der Waals surface area contributed by atoms with Gasteiger partial charge in [-0.1, -0.05) is 18.9 Å². The molecular weight excluding hydrogens is 567 g/mol. The third-order valence-electron chi connectivity index (χ3n) is 8.32. The van der Waals surface area contributed by atoms with Crippen molar-refractivity contribution >= 4 is 45.1 Å². The van der Waals surface area contributed by atoms with Crippen molar-refractivity contribution in [2.45, 2.75) is 88.6 Å². The van der Waals surface area contributed by atoms with E-state index >= 15 is 4.39 Å². The molecule has 0 saturated heterocycles. The number of hydrogen-bond donors (Lipinski definition) is 2. The first-order valence-electron chi connectivity index (χ1n) is 14.2. The lowest BCUT2D eigenvalue weighted by Crippen LogP contribution is -2.36. The Kier molecular flexibility index (Phi) is 9.60. The number of halogens is 2. The zero-order chi connectivity index (χ0) is 28.6. The van der Waals surface area contributed by atoms with Crippen molar-refractivity contribution < 1.29 is 12.8 Å². The summed E-state index contributed by atoms with van der Waals surface area (Å²) in [5, 5.41) is 3.62. The van der Waals surface area contributed by atoms with E-state index in [0.717, 1.165) is 38.5 Å². The molecule has 0 radical (unpaired) electrons. The SMILES string of the molecule is CC(C)n1c(=O)c(-c2ccc(NS(=O)(=O)C3CCCC3)c(F)c2)cc2cnc(N[C@H]3CC[C@H](N(C)C)CC3)nc21.Cl. The third-order valence-corrected chi connectivity index (χ3v) is 10.2. The highest BCUT2D eigenvalue weighted by Crippen LogP contribution is 2.30. The predicted molar refractivity (Wildman–Crippen MR) is 165 cm³/mol. The molecule has 0 aliphatic heterocycles. The minimum Gasteiger partial charge on any atom is -0.351 e. The minimum atomic E-state index is -3.67. The van der Waals surface area contributed by atoms with Crippen LogP contribution in [0.15, 0.2) is 35.3 Å². The van der Waals surface area contributed by atoms with Crippen LogP contribution >= 0.6 is 12.4 Å². The second kappa shape index (κ2) is 12.6. The lowest BCUT2D eigenvalue weighted by atomic mass is 9.91. The summed E-state index contributed by atoms with van der Waals surface area (Å²) >= 11 is 0. The summed E-state index contributed by atoms with van der Waals surface area (Å²) in [6.07, 6.45) is 8.84. The Labute approximate surface area is 247 Å². The number of pyridine rings is 1. The summed E-state index contributed by atoms with van der Waals surface area (Å²) in [5.41, 5.74) is 0.778. The molecule has 2 aliphatic rings. The van der Waals surface area contributed by atoms with Gasteiger partial charge in [0.05, 0.1) is 10.9 Å². The Balaban J connectivity index is 0.00000387. The van der Waals surface area contributed by atoms with E-state index in [0.29, 0.717) is 47.0 Å². The van der Waals surface area contributed by atoms with E-state index in [4.69, 9.17) is 4.98 Å². The molecule has 9 nitrogen and oxygen atoms in total. The molecule has 2 saturated carbocycles. The minimum absolute atomic E-state index is 0. The Morgan fingerprint density at radius 1 is 1.05 bits per heavy atom. The molecule has 2 aliphatic carbocycles. The Hall–Kier alpha value is -2.76. The second-order valence-electron chi connectivity index (χ2n) is 11.7. The molecule has 5 rings (SSSR count). The van der Waals surface area contributed by atoms with Crippen LogP contribution in [0.5, 0.6) is 0 Å². The van der Waals surface area contributed by atoms with Gasteiger partial charge in [-0.05, 0) is 90.2 Å². The highest BCUT2D eigenvalue weighted by Gasteiger charge is 2.29. The third kappa shape index (κ3) is 6.67. The number of sulfonamides is 1. The highest BCUT2D eigenvalue weighted by atomic mass is 35.5. The van der Waals surface area contributed by atoms with Crippen molar-refractivity contribution in [3.8, 4) is 11.1 Å². The van der Waals surface area contributed by atoms with Crippen LogP contribution in [0.3, 0.4) is 0 Å². The molecule has 2 heterocycles. The number of anilines is 2. The summed E-state index contributed by atoms with van der Waals surface area (Å²) in [4.78, 5) is 25.2. The van der Waals surface area contributed by atoms with E-state index in [9.17, 15) is 13.2 Å². The Morgan fingerprint density at radius 3 is 2.34 bits per heavy atom. The van der Waals surface area contributed by atoms with E-state index in [2.05, 4.69) is 34.0 Å². The normalized spacial score (nSPS) is 20.0. The molecule has 12 heteroatoms. The van der Waals surface area contributed by atoms with Crippen molar-refractivity contribution in [2.24, 2.45) is 0 Å². The number of benzene rings is 1. The van der Waals surface area contributed by atoms with E-state index in [1.54, 1.807) is 22.9 Å². The highest BCUT2D eigenvalue weighted by molar-refractivity contribution is 7.93. The lowest BCUT2D eigenvalue weighted by molar-refractivity contribution is 0.221. The average molecular weight is 607 g/mol. The standard InChI is InChI=1S/C29H39FN6O3S.ClH/c1-18(2)36-27-20(17-31-29(33-27)32-21-10-12-22(13-11-21)35(3)4)15-24(28(36)37)19-9-14-26(25(30)16-19)34-40(38,39)23-7-5-6-8-23;/h9,14-18,21-23,34H,5-8,10-13H2,1-4H3,(H,31,32,33);1H/t21-,22-;. The molecule has 0 spiro atoms. The van der Waals surface area contributed by atoms with Crippen LogP contribution in [0.25, 0.3) is 22.2 Å². The zero-order valence-electron chi connectivity index (χ0n) is 24.1. The van der Waals surface area contributed by atoms with Crippen molar-refractivity contribution in [2.75, 3.05) is 24.1 Å². The van der Waals surface area contributed by atoms with Gasteiger partial charge in [0.15, 0.2) is 0 Å². The van der Waals surface area contributed by atoms with Gasteiger partial charge in [0.1, 0.15) is 11.5 Å². The number of aromatic nitrogens is 3. The van der Waals surface area contributed by atoms with E-state index in [1.807, 2.05) is 13.8 Å². The first-order valence-corrected chi connectivity index (χ1v) is 15.7. The average Bonchev–Trinajstić information content (AvgIpc) is 3.46. The van der Waals surface area contributed by atoms with Gasteiger partial charge in [0.2, 0.25) is 16.0 Å². The fraction of sp³-hybridized carbons (Fsp3) is 0.552. The second-order valence-corrected chi connectivity index (χ2v) is 13.6. The number of fused-ring (bicyclic) bond motifs is 1. The van der Waals surface area contributed by atoms with Crippen molar-refractivity contribution in [1.29, 1.82) is 0 Å². The summed E-state index contributed by atoms with van der Waals surface area (Å²) in [6.45, 7) is 3.81. The van der Waals surface area contributed by atoms with Gasteiger partial charge in [-0.25, -0.2) is 17.8 Å². The molecule has 1 aromatic carbocycles. The zero-order valence-corrected chi connectivity index (χ0v) is 25.7. The maximum atomic E-state index is 15.1. The van der Waals surface area contributed by atoms with Crippen LogP contribution in [0.2, 0.25) is 0 Å². The first kappa shape index (κ1) is 31.2. The quantitative estimate of drug-likeness (QED) is 0.345. The molecule has 3 aromatic rings. The van der Waals surface area contributed by atoms with Crippen LogP contribution in [0.4, 0.5) is 16.0 Å². The summed E-state index contributed by atoms with van der Waals surface area (Å²) in [5.74, 6) is -0.234. The molecule has 0 bridgehead atoms. The molecular formula is C29H40ClFN6O3S. The summed E-state index contributed by atoms with van der Waals surface area (Å²) < 4.78 is 44.5. The monoisotopic (exact) mass is 606 g/mol. The lowest BCUT2D eigenvalue weighted by Gasteiger charge is -2.33. The van der Waals surface area contributed by atoms with Gasteiger partial charge >= 0.3 is 0 Å². The fourth-order valence-electron chi connectivity index (χ4n) is 6.00. The summed E-state index contributed by atoms with van der Waals surface area (Å²) in [7, 11) is 0.563. The molecule has 0 unspecified atom stereocenters. The first-order chi connectivity index (χ1) is 19.0. The summed E-state index contributed by atoms with van der Waals surface area (Å²) in [6, 6.07) is 6.51. The molecule has 2 N–H and O–H groups in total. The molecule has 224 valence electrons. The van der Waals surface area contributed by atoms with Gasteiger partial charge < -0.3 is 10.2 Å². The van der Waals surface area contributed by atoms with Crippen LogP contribution in [0, 0.1) is 5.82 Å². The van der Waals surface area contributed by atoms with Crippen LogP contribution in [0.1, 0.15) is 71.3 Å². The maximum absolute atomic E-state index is 15.1. The molecule has 2 aromatic heterocycles.